The number of benzene rings is 3. The van der Waals surface area contributed by atoms with Crippen molar-refractivity contribution in [2.45, 2.75) is 44.5 Å². The van der Waals surface area contributed by atoms with Crippen molar-refractivity contribution >= 4 is 46.8 Å². The van der Waals surface area contributed by atoms with Crippen LogP contribution in [0.25, 0.3) is 0 Å². The predicted octanol–water partition coefficient (Wildman–Crippen LogP) is 6.78. The van der Waals surface area contributed by atoms with E-state index in [1.54, 1.807) is 23.1 Å². The van der Waals surface area contributed by atoms with E-state index >= 15 is 0 Å². The fourth-order valence-corrected chi connectivity index (χ4v) is 5.21. The molecule has 0 bridgehead atoms. The summed E-state index contributed by atoms with van der Waals surface area (Å²) in [5.74, 6) is 0.652. The lowest BCUT2D eigenvalue weighted by molar-refractivity contribution is -0.139. The van der Waals surface area contributed by atoms with Crippen molar-refractivity contribution in [3.05, 3.63) is 106 Å². The van der Waals surface area contributed by atoms with Crippen molar-refractivity contribution in [2.75, 3.05) is 12.3 Å². The lowest BCUT2D eigenvalue weighted by Gasteiger charge is -2.32. The first-order valence-electron chi connectivity index (χ1n) is 12.1. The monoisotopic (exact) mass is 542 g/mol. The lowest BCUT2D eigenvalue weighted by Crippen LogP contribution is -2.51. The van der Waals surface area contributed by atoms with E-state index in [-0.39, 0.29) is 24.1 Å². The lowest BCUT2D eigenvalue weighted by atomic mass is 10.0. The van der Waals surface area contributed by atoms with Crippen LogP contribution in [-0.4, -0.2) is 35.1 Å². The highest BCUT2D eigenvalue weighted by atomic mass is 35.5. The van der Waals surface area contributed by atoms with Gasteiger partial charge in [-0.2, -0.15) is 0 Å². The molecule has 0 aliphatic heterocycles. The zero-order chi connectivity index (χ0) is 25.8. The van der Waals surface area contributed by atoms with Gasteiger partial charge in [-0.25, -0.2) is 0 Å². The molecule has 0 saturated heterocycles. The maximum atomic E-state index is 13.7. The molecule has 0 aliphatic rings. The second-order valence-corrected chi connectivity index (χ2v) is 10.4. The summed E-state index contributed by atoms with van der Waals surface area (Å²) < 4.78 is 0. The van der Waals surface area contributed by atoms with Gasteiger partial charge >= 0.3 is 0 Å². The van der Waals surface area contributed by atoms with E-state index in [9.17, 15) is 9.59 Å². The van der Waals surface area contributed by atoms with Crippen LogP contribution in [0.3, 0.4) is 0 Å². The Kier molecular flexibility index (Phi) is 11.7. The minimum Gasteiger partial charge on any atom is -0.354 e. The van der Waals surface area contributed by atoms with Gasteiger partial charge in [0.15, 0.2) is 0 Å². The van der Waals surface area contributed by atoms with Crippen LogP contribution in [0.1, 0.15) is 36.5 Å². The Morgan fingerprint density at radius 1 is 0.889 bits per heavy atom. The number of unbranched alkanes of at least 4 members (excludes halogenated alkanes) is 1. The summed E-state index contributed by atoms with van der Waals surface area (Å²) in [5, 5.41) is 3.98. The number of thioether (sulfide) groups is 1. The van der Waals surface area contributed by atoms with E-state index in [4.69, 9.17) is 23.2 Å². The smallest absolute Gasteiger partial charge is 0.243 e. The van der Waals surface area contributed by atoms with Gasteiger partial charge in [0, 0.05) is 40.9 Å². The molecular formula is C29H32Cl2N2O2S. The first-order valence-corrected chi connectivity index (χ1v) is 14.1. The summed E-state index contributed by atoms with van der Waals surface area (Å²) in [6, 6.07) is 24.4. The van der Waals surface area contributed by atoms with Crippen molar-refractivity contribution in [2.24, 2.45) is 0 Å². The van der Waals surface area contributed by atoms with Crippen LogP contribution in [0.2, 0.25) is 10.0 Å². The van der Waals surface area contributed by atoms with Gasteiger partial charge in [-0.1, -0.05) is 103 Å². The van der Waals surface area contributed by atoms with Crippen molar-refractivity contribution in [1.29, 1.82) is 0 Å². The number of nitrogens with zero attached hydrogens (tertiary/aromatic N) is 1. The van der Waals surface area contributed by atoms with Crippen molar-refractivity contribution < 1.29 is 9.59 Å². The molecule has 0 heterocycles. The summed E-state index contributed by atoms with van der Waals surface area (Å²) in [5.41, 5.74) is 2.77. The van der Waals surface area contributed by atoms with Crippen molar-refractivity contribution in [3.8, 4) is 0 Å². The molecule has 36 heavy (non-hydrogen) atoms. The van der Waals surface area contributed by atoms with Gasteiger partial charge in [-0.05, 0) is 29.7 Å². The quantitative estimate of drug-likeness (QED) is 0.242. The number of carbonyl (C=O) groups excluding carboxylic acids is 2. The largest absolute Gasteiger partial charge is 0.354 e. The first-order chi connectivity index (χ1) is 17.5. The summed E-state index contributed by atoms with van der Waals surface area (Å²) >= 11 is 14.5. The maximum absolute atomic E-state index is 13.7. The first kappa shape index (κ1) is 28.1. The second-order valence-electron chi connectivity index (χ2n) is 8.55. The molecule has 190 valence electrons. The predicted molar refractivity (Wildman–Crippen MR) is 151 cm³/mol. The summed E-state index contributed by atoms with van der Waals surface area (Å²) in [7, 11) is 0. The fourth-order valence-electron chi connectivity index (χ4n) is 3.83. The Morgan fingerprint density at radius 3 is 2.11 bits per heavy atom. The number of nitrogens with one attached hydrogen (secondary N) is 1. The minimum absolute atomic E-state index is 0.126. The van der Waals surface area contributed by atoms with Crippen LogP contribution in [0.5, 0.6) is 0 Å². The number of halogens is 2. The molecule has 1 unspecified atom stereocenters. The molecule has 3 aromatic carbocycles. The minimum atomic E-state index is -0.693. The summed E-state index contributed by atoms with van der Waals surface area (Å²) in [6.45, 7) is 2.80. The average molecular weight is 544 g/mol. The molecule has 0 saturated carbocycles. The van der Waals surface area contributed by atoms with Crippen LogP contribution in [0.4, 0.5) is 0 Å². The third-order valence-electron chi connectivity index (χ3n) is 5.83. The van der Waals surface area contributed by atoms with Gasteiger partial charge in [0.05, 0.1) is 5.75 Å². The van der Waals surface area contributed by atoms with Gasteiger partial charge < -0.3 is 10.2 Å². The van der Waals surface area contributed by atoms with Crippen LogP contribution in [-0.2, 0) is 28.3 Å². The zero-order valence-corrected chi connectivity index (χ0v) is 22.8. The highest BCUT2D eigenvalue weighted by Gasteiger charge is 2.31. The SMILES string of the molecule is CCCCNC(=O)C(Cc1ccccc1)N(Cc1c(Cl)cccc1Cl)C(=O)CSCc1ccccc1. The molecule has 7 heteroatoms. The summed E-state index contributed by atoms with van der Waals surface area (Å²) in [4.78, 5) is 28.7. The van der Waals surface area contributed by atoms with Crippen LogP contribution < -0.4 is 5.32 Å². The second kappa shape index (κ2) is 14.9. The zero-order valence-electron chi connectivity index (χ0n) is 20.5. The molecule has 0 aromatic heterocycles. The van der Waals surface area contributed by atoms with Crippen LogP contribution >= 0.6 is 35.0 Å². The molecule has 0 fully saturated rings. The van der Waals surface area contributed by atoms with Crippen molar-refractivity contribution in [1.82, 2.24) is 10.2 Å². The molecule has 2 amide bonds. The molecule has 3 rings (SSSR count). The maximum Gasteiger partial charge on any atom is 0.243 e. The van der Waals surface area contributed by atoms with Gasteiger partial charge in [0.2, 0.25) is 11.8 Å². The molecule has 0 spiro atoms. The molecule has 1 atom stereocenters. The van der Waals surface area contributed by atoms with E-state index in [0.29, 0.717) is 34.3 Å². The summed E-state index contributed by atoms with van der Waals surface area (Å²) in [6.07, 6.45) is 2.24. The third kappa shape index (κ3) is 8.58. The Bertz CT molecular complexity index is 1090. The number of amides is 2. The van der Waals surface area contributed by atoms with E-state index < -0.39 is 6.04 Å². The van der Waals surface area contributed by atoms with Crippen LogP contribution in [0, 0.1) is 0 Å². The number of hydrogen-bond acceptors (Lipinski definition) is 3. The van der Waals surface area contributed by atoms with E-state index in [1.165, 1.54) is 11.8 Å². The Morgan fingerprint density at radius 2 is 1.50 bits per heavy atom. The molecule has 0 radical (unpaired) electrons. The molecule has 4 nitrogen and oxygen atoms in total. The number of carbonyl (C=O) groups is 2. The Labute approximate surface area is 228 Å². The normalized spacial score (nSPS) is 11.6. The van der Waals surface area contributed by atoms with Gasteiger partial charge in [0.1, 0.15) is 6.04 Å². The highest BCUT2D eigenvalue weighted by Crippen LogP contribution is 2.28. The van der Waals surface area contributed by atoms with E-state index in [1.807, 2.05) is 60.7 Å². The van der Waals surface area contributed by atoms with Crippen LogP contribution in [0.15, 0.2) is 78.9 Å². The van der Waals surface area contributed by atoms with Gasteiger partial charge in [-0.15, -0.1) is 11.8 Å². The topological polar surface area (TPSA) is 49.4 Å². The van der Waals surface area contributed by atoms with Gasteiger partial charge in [0.25, 0.3) is 0 Å². The fraction of sp³-hybridized carbons (Fsp3) is 0.310. The molecule has 1 N–H and O–H groups in total. The van der Waals surface area contributed by atoms with E-state index in [0.717, 1.165) is 24.0 Å². The molecule has 0 aliphatic carbocycles. The number of hydrogen-bond donors (Lipinski definition) is 1. The molecule has 3 aromatic rings. The highest BCUT2D eigenvalue weighted by molar-refractivity contribution is 7.99. The number of rotatable bonds is 13. The van der Waals surface area contributed by atoms with Gasteiger partial charge in [-0.3, -0.25) is 9.59 Å². The molecular weight excluding hydrogens is 511 g/mol. The third-order valence-corrected chi connectivity index (χ3v) is 7.52. The van der Waals surface area contributed by atoms with E-state index in [2.05, 4.69) is 12.2 Å². The average Bonchev–Trinajstić information content (AvgIpc) is 2.89. The Balaban J connectivity index is 1.88. The Hall–Kier alpha value is -2.47. The van der Waals surface area contributed by atoms with Crippen molar-refractivity contribution in [3.63, 3.8) is 0 Å². The standard InChI is InChI=1S/C29H32Cl2N2O2S/c1-2-3-17-32-29(35)27(18-22-11-6-4-7-12-22)33(19-24-25(30)15-10-16-26(24)31)28(34)21-36-20-23-13-8-5-9-14-23/h4-16,27H,2-3,17-21H2,1H3,(H,32,35).